The smallest absolute Gasteiger partial charge is 0.354 e. The Morgan fingerprint density at radius 3 is 1.67 bits per heavy atom. The largest absolute Gasteiger partial charge is 0.418 e. The van der Waals surface area contributed by atoms with Crippen molar-refractivity contribution in [3.8, 4) is 0 Å². The fraction of sp³-hybridized carbons (Fsp3) is 0.364. The molecule has 0 aromatic heterocycles. The molecule has 1 aromatic rings. The lowest BCUT2D eigenvalue weighted by Gasteiger charge is -2.16. The lowest BCUT2D eigenvalue weighted by Crippen LogP contribution is -2.24. The molecule has 0 bridgehead atoms. The summed E-state index contributed by atoms with van der Waals surface area (Å²) in [5.41, 5.74) is -3.98. The van der Waals surface area contributed by atoms with E-state index < -0.39 is 29.2 Å². The minimum Gasteiger partial charge on any atom is -0.354 e. The summed E-state index contributed by atoms with van der Waals surface area (Å²) in [5.74, 6) is -0.104. The molecule has 1 saturated heterocycles. The van der Waals surface area contributed by atoms with E-state index >= 15 is 0 Å². The third-order valence-corrected chi connectivity index (χ3v) is 2.58. The molecular formula is C11H10ClF6N3. The van der Waals surface area contributed by atoms with Gasteiger partial charge in [-0.3, -0.25) is 0 Å². The molecular weight excluding hydrogens is 324 g/mol. The minimum atomic E-state index is -4.92. The van der Waals surface area contributed by atoms with Crippen LogP contribution in [0.25, 0.3) is 0 Å². The van der Waals surface area contributed by atoms with Crippen LogP contribution in [-0.2, 0) is 12.4 Å². The molecule has 1 aromatic carbocycles. The predicted octanol–water partition coefficient (Wildman–Crippen LogP) is 3.33. The zero-order chi connectivity index (χ0) is 15.0. The number of nitrogens with zero attached hydrogens (tertiary/aromatic N) is 1. The second-order valence-corrected chi connectivity index (χ2v) is 4.01. The highest BCUT2D eigenvalue weighted by atomic mass is 35.5. The maximum absolute atomic E-state index is 12.8. The zero-order valence-corrected chi connectivity index (χ0v) is 11.1. The Morgan fingerprint density at radius 2 is 1.29 bits per heavy atom. The van der Waals surface area contributed by atoms with Gasteiger partial charge in [0.15, 0.2) is 5.96 Å². The third kappa shape index (κ3) is 3.93. The second kappa shape index (κ2) is 6.00. The number of aliphatic imine (C=N–C) groups is 1. The van der Waals surface area contributed by atoms with Crippen molar-refractivity contribution in [3.05, 3.63) is 29.3 Å². The fourth-order valence-electron chi connectivity index (χ4n) is 1.74. The summed E-state index contributed by atoms with van der Waals surface area (Å²) in [6.07, 6.45) is -9.83. The van der Waals surface area contributed by atoms with Crippen LogP contribution in [0.4, 0.5) is 32.0 Å². The minimum absolute atomic E-state index is 0. The molecule has 0 atom stereocenters. The molecule has 0 radical (unpaired) electrons. The van der Waals surface area contributed by atoms with Gasteiger partial charge in [0, 0.05) is 13.1 Å². The average molecular weight is 334 g/mol. The SMILES string of the molecule is Cl.FC(F)(F)c1cccc(C(F)(F)F)c1N=C1NCCN1. The number of halogens is 7. The Kier molecular flexibility index (Phi) is 4.98. The van der Waals surface area contributed by atoms with Crippen molar-refractivity contribution in [3.63, 3.8) is 0 Å². The standard InChI is InChI=1S/C11H9F6N3.ClH/c12-10(13,14)6-2-1-3-7(11(15,16)17)8(6)20-9-18-4-5-19-9;/h1-3H,4-5H2,(H2,18,19,20);1H. The Morgan fingerprint density at radius 1 is 0.857 bits per heavy atom. The van der Waals surface area contributed by atoms with Gasteiger partial charge in [0.25, 0.3) is 0 Å². The van der Waals surface area contributed by atoms with Crippen LogP contribution in [0.3, 0.4) is 0 Å². The molecule has 0 spiro atoms. The molecule has 0 saturated carbocycles. The monoisotopic (exact) mass is 333 g/mol. The van der Waals surface area contributed by atoms with Crippen LogP contribution in [0.5, 0.6) is 0 Å². The average Bonchev–Trinajstić information content (AvgIpc) is 2.79. The first-order valence-corrected chi connectivity index (χ1v) is 5.53. The number of hydrogen-bond donors (Lipinski definition) is 2. The van der Waals surface area contributed by atoms with E-state index in [9.17, 15) is 26.3 Å². The van der Waals surface area contributed by atoms with Gasteiger partial charge in [-0.2, -0.15) is 26.3 Å². The van der Waals surface area contributed by atoms with Crippen molar-refractivity contribution in [2.24, 2.45) is 4.99 Å². The second-order valence-electron chi connectivity index (χ2n) is 4.01. The molecule has 1 aliphatic heterocycles. The Bertz CT molecular complexity index is 497. The highest BCUT2D eigenvalue weighted by molar-refractivity contribution is 5.85. The van der Waals surface area contributed by atoms with E-state index in [4.69, 9.17) is 0 Å². The molecule has 1 heterocycles. The number of para-hydroxylation sites is 1. The van der Waals surface area contributed by atoms with Crippen molar-refractivity contribution in [2.75, 3.05) is 13.1 Å². The molecule has 10 heteroatoms. The van der Waals surface area contributed by atoms with Crippen LogP contribution < -0.4 is 10.6 Å². The van der Waals surface area contributed by atoms with Gasteiger partial charge in [0.05, 0.1) is 16.8 Å². The van der Waals surface area contributed by atoms with Gasteiger partial charge >= 0.3 is 12.4 Å². The zero-order valence-electron chi connectivity index (χ0n) is 10.3. The van der Waals surface area contributed by atoms with Gasteiger partial charge in [-0.25, -0.2) is 4.99 Å². The first-order valence-electron chi connectivity index (χ1n) is 5.53. The fourth-order valence-corrected chi connectivity index (χ4v) is 1.74. The Hall–Kier alpha value is -1.64. The van der Waals surface area contributed by atoms with E-state index in [1.165, 1.54) is 0 Å². The molecule has 0 amide bonds. The number of alkyl halides is 6. The van der Waals surface area contributed by atoms with Gasteiger partial charge in [-0.05, 0) is 12.1 Å². The molecule has 1 aliphatic rings. The first-order chi connectivity index (χ1) is 9.19. The molecule has 0 unspecified atom stereocenters. The van der Waals surface area contributed by atoms with Crippen LogP contribution in [0.15, 0.2) is 23.2 Å². The number of nitrogens with one attached hydrogen (secondary N) is 2. The van der Waals surface area contributed by atoms with E-state index in [2.05, 4.69) is 15.6 Å². The van der Waals surface area contributed by atoms with Crippen LogP contribution in [0, 0.1) is 0 Å². The van der Waals surface area contributed by atoms with Gasteiger partial charge < -0.3 is 10.6 Å². The summed E-state index contributed by atoms with van der Waals surface area (Å²) >= 11 is 0. The van der Waals surface area contributed by atoms with Gasteiger partial charge in [-0.15, -0.1) is 12.4 Å². The van der Waals surface area contributed by atoms with E-state index in [1.54, 1.807) is 0 Å². The highest BCUT2D eigenvalue weighted by Gasteiger charge is 2.41. The number of guanidine groups is 1. The Balaban J connectivity index is 0.00000220. The van der Waals surface area contributed by atoms with Gasteiger partial charge in [0.2, 0.25) is 0 Å². The maximum atomic E-state index is 12.8. The van der Waals surface area contributed by atoms with Crippen molar-refractivity contribution >= 4 is 24.1 Å². The summed E-state index contributed by atoms with van der Waals surface area (Å²) in [6.45, 7) is 0.767. The molecule has 0 aliphatic carbocycles. The lowest BCUT2D eigenvalue weighted by atomic mass is 10.1. The normalized spacial score (nSPS) is 15.0. The quantitative estimate of drug-likeness (QED) is 0.774. The summed E-state index contributed by atoms with van der Waals surface area (Å²) in [6, 6.07) is 1.86. The van der Waals surface area contributed by atoms with Crippen LogP contribution in [-0.4, -0.2) is 19.0 Å². The summed E-state index contributed by atoms with van der Waals surface area (Å²) < 4.78 is 76.9. The molecule has 1 fully saturated rings. The maximum Gasteiger partial charge on any atom is 0.418 e. The number of rotatable bonds is 1. The molecule has 2 rings (SSSR count). The van der Waals surface area contributed by atoms with Crippen LogP contribution in [0.2, 0.25) is 0 Å². The number of benzene rings is 1. The van der Waals surface area contributed by atoms with Crippen molar-refractivity contribution < 1.29 is 26.3 Å². The van der Waals surface area contributed by atoms with Crippen LogP contribution in [0.1, 0.15) is 11.1 Å². The summed E-state index contributed by atoms with van der Waals surface area (Å²) in [7, 11) is 0. The van der Waals surface area contributed by atoms with E-state index in [0.29, 0.717) is 31.3 Å². The Labute approximate surface area is 121 Å². The van der Waals surface area contributed by atoms with E-state index in [0.717, 1.165) is 0 Å². The van der Waals surface area contributed by atoms with E-state index in [1.807, 2.05) is 0 Å². The van der Waals surface area contributed by atoms with Crippen molar-refractivity contribution in [1.82, 2.24) is 10.6 Å². The summed E-state index contributed by atoms with van der Waals surface area (Å²) in [4.78, 5) is 3.45. The number of hydrogen-bond acceptors (Lipinski definition) is 1. The van der Waals surface area contributed by atoms with E-state index in [-0.39, 0.29) is 18.4 Å². The van der Waals surface area contributed by atoms with Crippen molar-refractivity contribution in [1.29, 1.82) is 0 Å². The first kappa shape index (κ1) is 17.4. The molecule has 2 N–H and O–H groups in total. The van der Waals surface area contributed by atoms with Crippen molar-refractivity contribution in [2.45, 2.75) is 12.4 Å². The molecule has 3 nitrogen and oxygen atoms in total. The lowest BCUT2D eigenvalue weighted by molar-refractivity contribution is -0.141. The predicted molar refractivity (Wildman–Crippen MR) is 66.8 cm³/mol. The highest BCUT2D eigenvalue weighted by Crippen LogP contribution is 2.44. The summed E-state index contributed by atoms with van der Waals surface area (Å²) in [5, 5.41) is 5.13. The molecule has 21 heavy (non-hydrogen) atoms. The third-order valence-electron chi connectivity index (χ3n) is 2.58. The van der Waals surface area contributed by atoms with Gasteiger partial charge in [0.1, 0.15) is 0 Å². The van der Waals surface area contributed by atoms with Gasteiger partial charge in [-0.1, -0.05) is 6.07 Å². The topological polar surface area (TPSA) is 36.4 Å². The van der Waals surface area contributed by atoms with Crippen LogP contribution >= 0.6 is 12.4 Å². The molecule has 118 valence electrons.